The first-order valence-electron chi connectivity index (χ1n) is 6.46. The van der Waals surface area contributed by atoms with E-state index >= 15 is 0 Å². The summed E-state index contributed by atoms with van der Waals surface area (Å²) in [6, 6.07) is 9.68. The highest BCUT2D eigenvalue weighted by Gasteiger charge is 2.14. The van der Waals surface area contributed by atoms with E-state index in [9.17, 15) is 4.79 Å². The maximum absolute atomic E-state index is 11.6. The van der Waals surface area contributed by atoms with Crippen LogP contribution in [0, 0.1) is 0 Å². The zero-order chi connectivity index (χ0) is 14.6. The van der Waals surface area contributed by atoms with Crippen LogP contribution in [-0.2, 0) is 20.9 Å². The summed E-state index contributed by atoms with van der Waals surface area (Å²) in [6.45, 7) is 1.53. The topological polar surface area (TPSA) is 67.8 Å². The molecule has 0 aliphatic rings. The Morgan fingerprint density at radius 3 is 2.70 bits per heavy atom. The van der Waals surface area contributed by atoms with Crippen molar-refractivity contribution in [2.45, 2.75) is 12.0 Å². The van der Waals surface area contributed by atoms with Crippen LogP contribution in [0.4, 0.5) is 0 Å². The van der Waals surface area contributed by atoms with E-state index in [2.05, 4.69) is 5.32 Å². The molecule has 5 nitrogen and oxygen atoms in total. The fourth-order valence-electron chi connectivity index (χ4n) is 1.45. The van der Waals surface area contributed by atoms with E-state index < -0.39 is 5.38 Å². The van der Waals surface area contributed by atoms with Crippen LogP contribution in [0.5, 0.6) is 0 Å². The van der Waals surface area contributed by atoms with Gasteiger partial charge in [0, 0.05) is 6.54 Å². The molecule has 6 heteroatoms. The zero-order valence-electron chi connectivity index (χ0n) is 11.3. The monoisotopic (exact) mass is 301 g/mol. The second kappa shape index (κ2) is 10.6. The minimum atomic E-state index is -0.725. The van der Waals surface area contributed by atoms with Crippen molar-refractivity contribution in [2.24, 2.45) is 0 Å². The summed E-state index contributed by atoms with van der Waals surface area (Å²) in [6.07, 6.45) is 0. The smallest absolute Gasteiger partial charge is 0.240 e. The van der Waals surface area contributed by atoms with Crippen LogP contribution in [0.25, 0.3) is 0 Å². The molecule has 112 valence electrons. The Kier molecular flexibility index (Phi) is 8.98. The van der Waals surface area contributed by atoms with Crippen LogP contribution in [-0.4, -0.2) is 49.4 Å². The molecule has 0 fully saturated rings. The minimum absolute atomic E-state index is 0.0284. The molecule has 2 N–H and O–H groups in total. The maximum atomic E-state index is 11.6. The van der Waals surface area contributed by atoms with Crippen molar-refractivity contribution in [1.29, 1.82) is 0 Å². The largest absolute Gasteiger partial charge is 0.394 e. The molecule has 0 aliphatic carbocycles. The number of halogens is 1. The number of rotatable bonds is 10. The van der Waals surface area contributed by atoms with Crippen LogP contribution in [0.1, 0.15) is 5.56 Å². The van der Waals surface area contributed by atoms with Crippen molar-refractivity contribution >= 4 is 17.5 Å². The van der Waals surface area contributed by atoms with Gasteiger partial charge in [-0.25, -0.2) is 0 Å². The van der Waals surface area contributed by atoms with Gasteiger partial charge in [0.2, 0.25) is 5.91 Å². The third-order valence-corrected chi connectivity index (χ3v) is 2.77. The molecule has 1 rings (SSSR count). The van der Waals surface area contributed by atoms with Crippen LogP contribution < -0.4 is 5.32 Å². The zero-order valence-corrected chi connectivity index (χ0v) is 12.0. The third kappa shape index (κ3) is 7.45. The van der Waals surface area contributed by atoms with E-state index in [-0.39, 0.29) is 25.7 Å². The number of aliphatic hydroxyl groups is 1. The van der Waals surface area contributed by atoms with Gasteiger partial charge in [-0.1, -0.05) is 30.3 Å². The van der Waals surface area contributed by atoms with Gasteiger partial charge in [-0.15, -0.1) is 11.6 Å². The molecule has 1 atom stereocenters. The number of carbonyl (C=O) groups excluding carboxylic acids is 1. The molecule has 20 heavy (non-hydrogen) atoms. The van der Waals surface area contributed by atoms with Gasteiger partial charge in [0.25, 0.3) is 0 Å². The number of hydrogen-bond acceptors (Lipinski definition) is 4. The molecule has 0 saturated heterocycles. The number of alkyl halides is 1. The molecule has 0 radical (unpaired) electrons. The van der Waals surface area contributed by atoms with Gasteiger partial charge in [0.05, 0.1) is 33.0 Å². The molecular weight excluding hydrogens is 282 g/mol. The lowest BCUT2D eigenvalue weighted by atomic mass is 10.2. The van der Waals surface area contributed by atoms with E-state index in [1.165, 1.54) is 0 Å². The number of ether oxygens (including phenoxy) is 2. The van der Waals surface area contributed by atoms with E-state index in [1.54, 1.807) is 0 Å². The van der Waals surface area contributed by atoms with Crippen molar-refractivity contribution < 1.29 is 19.4 Å². The SMILES string of the molecule is O=C(NCCOCCO)C(Cl)COCc1ccccc1. The lowest BCUT2D eigenvalue weighted by Crippen LogP contribution is -2.36. The quantitative estimate of drug-likeness (QED) is 0.498. The lowest BCUT2D eigenvalue weighted by molar-refractivity contribution is -0.122. The normalized spacial score (nSPS) is 12.1. The molecule has 1 aromatic rings. The Balaban J connectivity index is 2.09. The first kappa shape index (κ1) is 16.9. The minimum Gasteiger partial charge on any atom is -0.394 e. The van der Waals surface area contributed by atoms with Crippen LogP contribution in [0.3, 0.4) is 0 Å². The number of nitrogens with one attached hydrogen (secondary N) is 1. The number of hydrogen-bond donors (Lipinski definition) is 2. The Morgan fingerprint density at radius 1 is 1.25 bits per heavy atom. The third-order valence-electron chi connectivity index (χ3n) is 2.44. The van der Waals surface area contributed by atoms with Gasteiger partial charge in [0.1, 0.15) is 5.38 Å². The predicted molar refractivity (Wildman–Crippen MR) is 76.7 cm³/mol. The molecule has 0 heterocycles. The average Bonchev–Trinajstić information content (AvgIpc) is 2.47. The summed E-state index contributed by atoms with van der Waals surface area (Å²) >= 11 is 5.92. The highest BCUT2D eigenvalue weighted by molar-refractivity contribution is 6.30. The van der Waals surface area contributed by atoms with E-state index in [0.29, 0.717) is 19.8 Å². The summed E-state index contributed by atoms with van der Waals surface area (Å²) in [5.74, 6) is -0.285. The van der Waals surface area contributed by atoms with Crippen molar-refractivity contribution in [1.82, 2.24) is 5.32 Å². The van der Waals surface area contributed by atoms with Crippen molar-refractivity contribution in [3.63, 3.8) is 0 Å². The molecule has 0 spiro atoms. The van der Waals surface area contributed by atoms with E-state index in [0.717, 1.165) is 5.56 Å². The van der Waals surface area contributed by atoms with Gasteiger partial charge >= 0.3 is 0 Å². The Labute approximate surface area is 123 Å². The molecule has 1 unspecified atom stereocenters. The van der Waals surface area contributed by atoms with Gasteiger partial charge in [-0.2, -0.15) is 0 Å². The summed E-state index contributed by atoms with van der Waals surface area (Å²) < 4.78 is 10.4. The van der Waals surface area contributed by atoms with Crippen molar-refractivity contribution in [3.05, 3.63) is 35.9 Å². The van der Waals surface area contributed by atoms with E-state index in [1.807, 2.05) is 30.3 Å². The highest BCUT2D eigenvalue weighted by Crippen LogP contribution is 2.03. The van der Waals surface area contributed by atoms with Crippen LogP contribution >= 0.6 is 11.6 Å². The molecule has 1 aromatic carbocycles. The second-order valence-electron chi connectivity index (χ2n) is 4.10. The molecular formula is C14H20ClNO4. The maximum Gasteiger partial charge on any atom is 0.240 e. The van der Waals surface area contributed by atoms with Crippen molar-refractivity contribution in [3.8, 4) is 0 Å². The fourth-order valence-corrected chi connectivity index (χ4v) is 1.62. The van der Waals surface area contributed by atoms with Gasteiger partial charge in [-0.05, 0) is 5.56 Å². The van der Waals surface area contributed by atoms with E-state index in [4.69, 9.17) is 26.2 Å². The fraction of sp³-hybridized carbons (Fsp3) is 0.500. The molecule has 1 amide bonds. The number of amides is 1. The molecule has 0 saturated carbocycles. The summed E-state index contributed by atoms with van der Waals surface area (Å²) in [5, 5.41) is 10.4. The first-order valence-corrected chi connectivity index (χ1v) is 6.89. The summed E-state index contributed by atoms with van der Waals surface area (Å²) in [7, 11) is 0. The van der Waals surface area contributed by atoms with Crippen LogP contribution in [0.15, 0.2) is 30.3 Å². The van der Waals surface area contributed by atoms with Gasteiger partial charge in [0.15, 0.2) is 0 Å². The Morgan fingerprint density at radius 2 is 2.00 bits per heavy atom. The first-order chi connectivity index (χ1) is 9.74. The number of aliphatic hydroxyl groups excluding tert-OH is 1. The molecule has 0 aliphatic heterocycles. The average molecular weight is 302 g/mol. The second-order valence-corrected chi connectivity index (χ2v) is 4.62. The summed E-state index contributed by atoms with van der Waals surface area (Å²) in [5.41, 5.74) is 1.04. The lowest BCUT2D eigenvalue weighted by Gasteiger charge is -2.11. The standard InChI is InChI=1S/C14H20ClNO4/c15-13(14(18)16-6-8-19-9-7-17)11-20-10-12-4-2-1-3-5-12/h1-5,13,17H,6-11H2,(H,16,18). The Hall–Kier alpha value is -1.14. The molecule has 0 bridgehead atoms. The van der Waals surface area contributed by atoms with Crippen LogP contribution in [0.2, 0.25) is 0 Å². The number of carbonyl (C=O) groups is 1. The number of benzene rings is 1. The Bertz CT molecular complexity index is 375. The van der Waals surface area contributed by atoms with Gasteiger partial charge in [-0.3, -0.25) is 4.79 Å². The van der Waals surface area contributed by atoms with Gasteiger partial charge < -0.3 is 19.9 Å². The highest BCUT2D eigenvalue weighted by atomic mass is 35.5. The predicted octanol–water partition coefficient (Wildman–Crippen LogP) is 0.936. The molecule has 0 aromatic heterocycles. The summed E-state index contributed by atoms with van der Waals surface area (Å²) in [4.78, 5) is 11.6. The van der Waals surface area contributed by atoms with Crippen molar-refractivity contribution in [2.75, 3.05) is 33.0 Å².